The molecule has 122 valence electrons. The van der Waals surface area contributed by atoms with Gasteiger partial charge in [-0.2, -0.15) is 0 Å². The highest BCUT2D eigenvalue weighted by molar-refractivity contribution is 6.31. The monoisotopic (exact) mass is 344 g/mol. The number of hydrogen-bond acceptors (Lipinski definition) is 3. The first-order valence-electron chi connectivity index (χ1n) is 7.19. The second-order valence-corrected chi connectivity index (χ2v) is 5.74. The Hall–Kier alpha value is -1.23. The molecule has 0 atom stereocenters. The van der Waals surface area contributed by atoms with Crippen molar-refractivity contribution in [3.63, 3.8) is 0 Å². The van der Waals surface area contributed by atoms with E-state index >= 15 is 0 Å². The van der Waals surface area contributed by atoms with E-state index in [-0.39, 0.29) is 24.4 Å². The number of carbonyl (C=O) groups excluding carboxylic acids is 1. The van der Waals surface area contributed by atoms with Gasteiger partial charge in [0.25, 0.3) is 5.91 Å². The average Bonchev–Trinajstić information content (AvgIpc) is 2.47. The summed E-state index contributed by atoms with van der Waals surface area (Å²) in [6, 6.07) is 5.11. The van der Waals surface area contributed by atoms with Gasteiger partial charge in [-0.25, -0.2) is 0 Å². The molecule has 4 nitrogen and oxygen atoms in total. The maximum absolute atomic E-state index is 12.3. The number of hydrogen-bond donors (Lipinski definition) is 2. The van der Waals surface area contributed by atoms with Gasteiger partial charge < -0.3 is 15.4 Å². The fourth-order valence-corrected chi connectivity index (χ4v) is 2.33. The van der Waals surface area contributed by atoms with Crippen LogP contribution in [0.2, 0.25) is 5.02 Å². The molecule has 1 aliphatic rings. The van der Waals surface area contributed by atoms with E-state index in [1.54, 1.807) is 18.2 Å². The van der Waals surface area contributed by atoms with Gasteiger partial charge in [-0.15, -0.1) is 12.4 Å². The largest absolute Gasteiger partial charge is 0.490 e. The molecule has 1 amide bonds. The van der Waals surface area contributed by atoms with Crippen molar-refractivity contribution in [3.05, 3.63) is 40.4 Å². The topological polar surface area (TPSA) is 50.4 Å². The molecule has 1 aromatic carbocycles. The summed E-state index contributed by atoms with van der Waals surface area (Å²) in [4.78, 5) is 12.3. The summed E-state index contributed by atoms with van der Waals surface area (Å²) in [5, 5.41) is 6.71. The molecule has 1 heterocycles. The maximum atomic E-state index is 12.3. The first-order chi connectivity index (χ1) is 10.1. The molecule has 1 aromatic rings. The van der Waals surface area contributed by atoms with Crippen LogP contribution in [-0.2, 0) is 0 Å². The molecule has 2 N–H and O–H groups in total. The number of halogens is 2. The second-order valence-electron chi connectivity index (χ2n) is 5.31. The zero-order valence-electron chi connectivity index (χ0n) is 12.8. The van der Waals surface area contributed by atoms with Gasteiger partial charge in [0.2, 0.25) is 0 Å². The predicted molar refractivity (Wildman–Crippen MR) is 92.4 cm³/mol. The summed E-state index contributed by atoms with van der Waals surface area (Å²) in [5.74, 6) is 0.402. The fourth-order valence-electron chi connectivity index (χ4n) is 2.16. The van der Waals surface area contributed by atoms with Crippen molar-refractivity contribution >= 4 is 29.9 Å². The van der Waals surface area contributed by atoms with Crippen molar-refractivity contribution in [1.82, 2.24) is 10.6 Å². The molecule has 0 radical (unpaired) electrons. The van der Waals surface area contributed by atoms with Gasteiger partial charge in [0.15, 0.2) is 0 Å². The van der Waals surface area contributed by atoms with E-state index in [0.717, 1.165) is 19.5 Å². The molecule has 0 fully saturated rings. The van der Waals surface area contributed by atoms with E-state index in [2.05, 4.69) is 16.7 Å². The number of benzene rings is 1. The number of ether oxygens (including phenoxy) is 1. The van der Waals surface area contributed by atoms with Crippen LogP contribution in [0.3, 0.4) is 0 Å². The Kier molecular flexibility index (Phi) is 7.73. The summed E-state index contributed by atoms with van der Waals surface area (Å²) in [6.07, 6.45) is 3.09. The minimum Gasteiger partial charge on any atom is -0.490 e. The lowest BCUT2D eigenvalue weighted by molar-refractivity contribution is 0.0951. The van der Waals surface area contributed by atoms with E-state index in [0.29, 0.717) is 22.9 Å². The summed E-state index contributed by atoms with van der Waals surface area (Å²) in [6.45, 7) is 6.24. The molecular formula is C16H22Cl2N2O2. The SMILES string of the molecule is CC(C)Oc1ccc(Cl)cc1C(=O)NCC1=CCNCC1.Cl. The zero-order valence-corrected chi connectivity index (χ0v) is 14.4. The van der Waals surface area contributed by atoms with Crippen LogP contribution in [0.5, 0.6) is 5.75 Å². The lowest BCUT2D eigenvalue weighted by Gasteiger charge is -2.17. The van der Waals surface area contributed by atoms with Crippen molar-refractivity contribution in [2.24, 2.45) is 0 Å². The number of carbonyl (C=O) groups is 1. The smallest absolute Gasteiger partial charge is 0.255 e. The highest BCUT2D eigenvalue weighted by Crippen LogP contribution is 2.24. The van der Waals surface area contributed by atoms with Gasteiger partial charge >= 0.3 is 0 Å². The highest BCUT2D eigenvalue weighted by Gasteiger charge is 2.15. The Morgan fingerprint density at radius 1 is 1.45 bits per heavy atom. The molecule has 2 rings (SSSR count). The molecule has 22 heavy (non-hydrogen) atoms. The van der Waals surface area contributed by atoms with E-state index in [4.69, 9.17) is 16.3 Å². The Balaban J connectivity index is 0.00000242. The van der Waals surface area contributed by atoms with Gasteiger partial charge in [-0.3, -0.25) is 4.79 Å². The first kappa shape index (κ1) is 18.8. The molecule has 0 saturated carbocycles. The number of nitrogens with one attached hydrogen (secondary N) is 2. The number of amides is 1. The van der Waals surface area contributed by atoms with E-state index in [1.807, 2.05) is 13.8 Å². The second kappa shape index (κ2) is 9.03. The quantitative estimate of drug-likeness (QED) is 0.806. The van der Waals surface area contributed by atoms with Crippen molar-refractivity contribution in [2.75, 3.05) is 19.6 Å². The summed E-state index contributed by atoms with van der Waals surface area (Å²) < 4.78 is 5.67. The Morgan fingerprint density at radius 3 is 2.86 bits per heavy atom. The van der Waals surface area contributed by atoms with Gasteiger partial charge in [0, 0.05) is 18.1 Å². The minimum atomic E-state index is -0.160. The predicted octanol–water partition coefficient (Wildman–Crippen LogP) is 3.20. The molecule has 0 spiro atoms. The Morgan fingerprint density at radius 2 is 2.23 bits per heavy atom. The Labute approximate surface area is 142 Å². The molecule has 0 aromatic heterocycles. The average molecular weight is 345 g/mol. The highest BCUT2D eigenvalue weighted by atomic mass is 35.5. The Bertz CT molecular complexity index is 545. The van der Waals surface area contributed by atoms with Crippen molar-refractivity contribution in [1.29, 1.82) is 0 Å². The molecule has 0 aliphatic carbocycles. The molecule has 6 heteroatoms. The third-order valence-electron chi connectivity index (χ3n) is 3.18. The number of rotatable bonds is 5. The lowest BCUT2D eigenvalue weighted by atomic mass is 10.1. The molecular weight excluding hydrogens is 323 g/mol. The van der Waals surface area contributed by atoms with E-state index in [9.17, 15) is 4.79 Å². The van der Waals surface area contributed by atoms with Crippen molar-refractivity contribution in [2.45, 2.75) is 26.4 Å². The van der Waals surface area contributed by atoms with Crippen LogP contribution in [0.4, 0.5) is 0 Å². The van der Waals surface area contributed by atoms with Crippen molar-refractivity contribution < 1.29 is 9.53 Å². The van der Waals surface area contributed by atoms with E-state index in [1.165, 1.54) is 5.57 Å². The van der Waals surface area contributed by atoms with Crippen LogP contribution in [-0.4, -0.2) is 31.6 Å². The summed E-state index contributed by atoms with van der Waals surface area (Å²) >= 11 is 5.99. The standard InChI is InChI=1S/C16H21ClN2O2.ClH/c1-11(2)21-15-4-3-13(17)9-14(15)16(20)19-10-12-5-7-18-8-6-12;/h3-5,9,11,18H,6-8,10H2,1-2H3,(H,19,20);1H. The normalized spacial score (nSPS) is 14.1. The molecule has 0 saturated heterocycles. The van der Waals surface area contributed by atoms with Gasteiger partial charge in [0.05, 0.1) is 11.7 Å². The maximum Gasteiger partial charge on any atom is 0.255 e. The molecule has 0 unspecified atom stereocenters. The van der Waals surface area contributed by atoms with Crippen molar-refractivity contribution in [3.8, 4) is 5.75 Å². The van der Waals surface area contributed by atoms with Gasteiger partial charge in [0.1, 0.15) is 5.75 Å². The molecule has 0 bridgehead atoms. The zero-order chi connectivity index (χ0) is 15.2. The summed E-state index contributed by atoms with van der Waals surface area (Å²) in [5.41, 5.74) is 1.72. The van der Waals surface area contributed by atoms with Crippen LogP contribution in [0.1, 0.15) is 30.6 Å². The van der Waals surface area contributed by atoms with E-state index < -0.39 is 0 Å². The first-order valence-corrected chi connectivity index (χ1v) is 7.57. The van der Waals surface area contributed by atoms with Crippen LogP contribution >= 0.6 is 24.0 Å². The summed E-state index contributed by atoms with van der Waals surface area (Å²) in [7, 11) is 0. The van der Waals surface area contributed by atoms with Crippen LogP contribution in [0, 0.1) is 0 Å². The fraction of sp³-hybridized carbons (Fsp3) is 0.438. The third-order valence-corrected chi connectivity index (χ3v) is 3.42. The molecule has 1 aliphatic heterocycles. The third kappa shape index (κ3) is 5.52. The van der Waals surface area contributed by atoms with Crippen LogP contribution in [0.15, 0.2) is 29.8 Å². The lowest BCUT2D eigenvalue weighted by Crippen LogP contribution is -2.30. The van der Waals surface area contributed by atoms with Crippen LogP contribution in [0.25, 0.3) is 0 Å². The minimum absolute atomic E-state index is 0. The van der Waals surface area contributed by atoms with Gasteiger partial charge in [-0.1, -0.05) is 23.3 Å². The van der Waals surface area contributed by atoms with Crippen LogP contribution < -0.4 is 15.4 Å². The van der Waals surface area contributed by atoms with Gasteiger partial charge in [-0.05, 0) is 45.0 Å².